The highest BCUT2D eigenvalue weighted by molar-refractivity contribution is 5.92. The third kappa shape index (κ3) is 3.02. The van der Waals surface area contributed by atoms with Crippen LogP contribution in [0.4, 0.5) is 0 Å². The average Bonchev–Trinajstić information content (AvgIpc) is 3.27. The molecule has 2 aliphatic rings. The number of pyridine rings is 1. The van der Waals surface area contributed by atoms with E-state index in [2.05, 4.69) is 29.0 Å². The van der Waals surface area contributed by atoms with Crippen molar-refractivity contribution in [2.45, 2.75) is 51.9 Å². The molecule has 166 valence electrons. The number of aryl methyl sites for hydroxylation is 1. The number of Topliss-reactive ketones (excluding diaryl/α,β-unsaturated/α-hetero) is 1. The smallest absolute Gasteiger partial charge is 0.223 e. The summed E-state index contributed by atoms with van der Waals surface area (Å²) in [4.78, 5) is 31.8. The largest absolute Gasteiger partial charge is 0.339 e. The Kier molecular flexibility index (Phi) is 4.44. The van der Waals surface area contributed by atoms with E-state index in [0.717, 1.165) is 52.7 Å². The van der Waals surface area contributed by atoms with Crippen LogP contribution in [0.5, 0.6) is 0 Å². The zero-order chi connectivity index (χ0) is 22.7. The van der Waals surface area contributed by atoms with Crippen LogP contribution in [0.1, 0.15) is 50.3 Å². The van der Waals surface area contributed by atoms with Crippen molar-refractivity contribution in [1.82, 2.24) is 25.1 Å². The van der Waals surface area contributed by atoms with Gasteiger partial charge in [-0.2, -0.15) is 4.98 Å². The standard InChI is InChI=1S/C26H25N5O2/c1-14-19-9-8-18-22(25-28-15(2)33-31-25)29-24(30-23(18)26(19,3)12-10-21(14)32)17-11-13-27-20-7-5-4-6-16(17)20/h4-7,11,13-14,19H,8-10,12H2,1-3H3/t14-,19-,26-/m1/s1. The molecule has 0 aliphatic heterocycles. The van der Waals surface area contributed by atoms with E-state index in [-0.39, 0.29) is 17.3 Å². The van der Waals surface area contributed by atoms with Gasteiger partial charge in [-0.15, -0.1) is 0 Å². The van der Waals surface area contributed by atoms with Gasteiger partial charge in [-0.05, 0) is 37.3 Å². The van der Waals surface area contributed by atoms with E-state index in [1.54, 1.807) is 13.1 Å². The average molecular weight is 440 g/mol. The summed E-state index contributed by atoms with van der Waals surface area (Å²) in [6.45, 7) is 6.13. The minimum absolute atomic E-state index is 0.0351. The van der Waals surface area contributed by atoms with Crippen LogP contribution in [0.25, 0.3) is 33.8 Å². The van der Waals surface area contributed by atoms with Gasteiger partial charge in [-0.25, -0.2) is 9.97 Å². The normalized spacial score (nSPS) is 24.5. The maximum Gasteiger partial charge on any atom is 0.223 e. The lowest BCUT2D eigenvalue weighted by Gasteiger charge is -2.48. The predicted molar refractivity (Wildman–Crippen MR) is 123 cm³/mol. The minimum atomic E-state index is -0.199. The summed E-state index contributed by atoms with van der Waals surface area (Å²) in [6, 6.07) is 9.98. The molecule has 0 amide bonds. The molecular weight excluding hydrogens is 414 g/mol. The first kappa shape index (κ1) is 20.1. The molecule has 0 radical (unpaired) electrons. The maximum atomic E-state index is 12.6. The van der Waals surface area contributed by atoms with Gasteiger partial charge in [-0.1, -0.05) is 37.2 Å². The number of hydrogen-bond donors (Lipinski definition) is 0. The maximum absolute atomic E-state index is 12.6. The predicted octanol–water partition coefficient (Wildman–Crippen LogP) is 4.87. The van der Waals surface area contributed by atoms with Gasteiger partial charge < -0.3 is 4.52 Å². The van der Waals surface area contributed by atoms with E-state index < -0.39 is 0 Å². The van der Waals surface area contributed by atoms with Gasteiger partial charge in [-0.3, -0.25) is 9.78 Å². The van der Waals surface area contributed by atoms with Crippen LogP contribution in [0, 0.1) is 18.8 Å². The molecular formula is C26H25N5O2. The third-order valence-corrected chi connectivity index (χ3v) is 7.70. The van der Waals surface area contributed by atoms with Crippen molar-refractivity contribution in [2.75, 3.05) is 0 Å². The number of hydrogen-bond acceptors (Lipinski definition) is 7. The number of ketones is 1. The molecule has 3 aromatic heterocycles. The van der Waals surface area contributed by atoms with E-state index in [4.69, 9.17) is 14.5 Å². The highest BCUT2D eigenvalue weighted by Gasteiger charge is 2.50. The Bertz CT molecular complexity index is 1410. The second-order valence-electron chi connectivity index (χ2n) is 9.55. The number of nitrogens with zero attached hydrogens (tertiary/aromatic N) is 5. The summed E-state index contributed by atoms with van der Waals surface area (Å²) in [5.74, 6) is 2.30. The number of rotatable bonds is 2. The molecule has 33 heavy (non-hydrogen) atoms. The van der Waals surface area contributed by atoms with Crippen molar-refractivity contribution in [2.24, 2.45) is 11.8 Å². The Morgan fingerprint density at radius 2 is 1.91 bits per heavy atom. The number of fused-ring (bicyclic) bond motifs is 4. The van der Waals surface area contributed by atoms with Crippen molar-refractivity contribution in [3.05, 3.63) is 53.7 Å². The number of carbonyl (C=O) groups excluding carboxylic acids is 1. The molecule has 3 heterocycles. The van der Waals surface area contributed by atoms with Gasteiger partial charge >= 0.3 is 0 Å². The molecule has 4 aromatic rings. The molecule has 1 aromatic carbocycles. The van der Waals surface area contributed by atoms with Gasteiger partial charge in [0.05, 0.1) is 11.2 Å². The molecule has 0 unspecified atom stereocenters. The molecule has 1 fully saturated rings. The van der Waals surface area contributed by atoms with Crippen LogP contribution < -0.4 is 0 Å². The Hall–Kier alpha value is -3.48. The highest BCUT2D eigenvalue weighted by atomic mass is 16.5. The summed E-state index contributed by atoms with van der Waals surface area (Å²) in [5, 5.41) is 5.20. The Morgan fingerprint density at radius 1 is 1.06 bits per heavy atom. The van der Waals surface area contributed by atoms with Crippen molar-refractivity contribution in [3.63, 3.8) is 0 Å². The molecule has 3 atom stereocenters. The summed E-state index contributed by atoms with van der Waals surface area (Å²) in [5.41, 5.74) is 4.47. The fourth-order valence-corrected chi connectivity index (χ4v) is 5.92. The van der Waals surface area contributed by atoms with Gasteiger partial charge in [0.2, 0.25) is 11.7 Å². The Morgan fingerprint density at radius 3 is 2.73 bits per heavy atom. The Balaban J connectivity index is 1.63. The van der Waals surface area contributed by atoms with Crippen LogP contribution in [-0.4, -0.2) is 30.9 Å². The van der Waals surface area contributed by atoms with Crippen LogP contribution in [-0.2, 0) is 16.6 Å². The second kappa shape index (κ2) is 7.27. The monoisotopic (exact) mass is 439 g/mol. The lowest BCUT2D eigenvalue weighted by atomic mass is 9.56. The molecule has 6 rings (SSSR count). The Labute approximate surface area is 191 Å². The fraction of sp³-hybridized carbons (Fsp3) is 0.385. The summed E-state index contributed by atoms with van der Waals surface area (Å²) < 4.78 is 5.31. The topological polar surface area (TPSA) is 94.7 Å². The van der Waals surface area contributed by atoms with Gasteiger partial charge in [0.15, 0.2) is 5.82 Å². The molecule has 0 saturated heterocycles. The number of aromatic nitrogens is 5. The van der Waals surface area contributed by atoms with Crippen molar-refractivity contribution >= 4 is 16.7 Å². The molecule has 0 N–H and O–H groups in total. The summed E-state index contributed by atoms with van der Waals surface area (Å²) >= 11 is 0. The van der Waals surface area contributed by atoms with Crippen LogP contribution in [0.15, 0.2) is 41.1 Å². The zero-order valence-corrected chi connectivity index (χ0v) is 19.0. The highest BCUT2D eigenvalue weighted by Crippen LogP contribution is 2.52. The van der Waals surface area contributed by atoms with Crippen LogP contribution in [0.3, 0.4) is 0 Å². The lowest BCUT2D eigenvalue weighted by Crippen LogP contribution is -2.47. The van der Waals surface area contributed by atoms with E-state index in [1.165, 1.54) is 0 Å². The molecule has 1 saturated carbocycles. The first-order chi connectivity index (χ1) is 16.0. The number of carbonyl (C=O) groups is 1. The van der Waals surface area contributed by atoms with Crippen molar-refractivity contribution < 1.29 is 9.32 Å². The molecule has 7 heteroatoms. The summed E-state index contributed by atoms with van der Waals surface area (Å²) in [7, 11) is 0. The van der Waals surface area contributed by atoms with Crippen molar-refractivity contribution in [1.29, 1.82) is 0 Å². The molecule has 0 spiro atoms. The van der Waals surface area contributed by atoms with Crippen molar-refractivity contribution in [3.8, 4) is 22.9 Å². The van der Waals surface area contributed by atoms with Crippen LogP contribution >= 0.6 is 0 Å². The van der Waals surface area contributed by atoms with Gasteiger partial charge in [0.1, 0.15) is 11.5 Å². The van der Waals surface area contributed by atoms with E-state index >= 15 is 0 Å². The van der Waals surface area contributed by atoms with E-state index in [1.807, 2.05) is 30.3 Å². The number of benzene rings is 1. The second-order valence-corrected chi connectivity index (χ2v) is 9.55. The fourth-order valence-electron chi connectivity index (χ4n) is 5.92. The first-order valence-electron chi connectivity index (χ1n) is 11.5. The van der Waals surface area contributed by atoms with Gasteiger partial charge in [0, 0.05) is 47.4 Å². The number of para-hydroxylation sites is 1. The van der Waals surface area contributed by atoms with E-state index in [0.29, 0.717) is 29.7 Å². The van der Waals surface area contributed by atoms with Gasteiger partial charge in [0.25, 0.3) is 0 Å². The third-order valence-electron chi connectivity index (χ3n) is 7.70. The SMILES string of the molecule is Cc1nc(-c2nc(-c3ccnc4ccccc34)nc3c2CC[C@@H]2[C@@H](C)C(=O)CC[C@@]32C)no1. The van der Waals surface area contributed by atoms with Crippen LogP contribution in [0.2, 0.25) is 0 Å². The summed E-state index contributed by atoms with van der Waals surface area (Å²) in [6.07, 6.45) is 4.91. The minimum Gasteiger partial charge on any atom is -0.339 e. The van der Waals surface area contributed by atoms with E-state index in [9.17, 15) is 4.79 Å². The first-order valence-corrected chi connectivity index (χ1v) is 11.5. The molecule has 7 nitrogen and oxygen atoms in total. The lowest BCUT2D eigenvalue weighted by molar-refractivity contribution is -0.128. The molecule has 0 bridgehead atoms. The quantitative estimate of drug-likeness (QED) is 0.440. The zero-order valence-electron chi connectivity index (χ0n) is 19.0. The molecule has 2 aliphatic carbocycles.